The van der Waals surface area contributed by atoms with Crippen molar-refractivity contribution < 1.29 is 9.53 Å². The average molecular weight is 484 g/mol. The maximum Gasteiger partial charge on any atom is 0.250 e. The minimum absolute atomic E-state index is 0.203. The smallest absolute Gasteiger partial charge is 0.250 e. The first-order valence-corrected chi connectivity index (χ1v) is 11.4. The lowest BCUT2D eigenvalue weighted by Crippen LogP contribution is -2.20. The van der Waals surface area contributed by atoms with Crippen LogP contribution in [0.5, 0.6) is 5.75 Å². The van der Waals surface area contributed by atoms with E-state index in [4.69, 9.17) is 16.3 Å². The molecule has 1 aromatic heterocycles. The van der Waals surface area contributed by atoms with Gasteiger partial charge in [-0.25, -0.2) is 4.68 Å². The number of para-hydroxylation sites is 1. The van der Waals surface area contributed by atoms with Crippen LogP contribution in [0, 0.1) is 0 Å². The van der Waals surface area contributed by atoms with Gasteiger partial charge in [-0.3, -0.25) is 10.1 Å². The summed E-state index contributed by atoms with van der Waals surface area (Å²) >= 11 is 6.07. The second-order valence-electron chi connectivity index (χ2n) is 7.84. The SMILES string of the molecule is COc1ccccc1/C=C/C(=O)Nc1nc2n(n1)[C@@H](c1ccccc1)C=C(c1ccc(Cl)cc1)N2. The number of amides is 1. The third-order valence-corrected chi connectivity index (χ3v) is 5.80. The van der Waals surface area contributed by atoms with Gasteiger partial charge in [0, 0.05) is 22.4 Å². The number of aromatic nitrogens is 3. The second-order valence-corrected chi connectivity index (χ2v) is 8.27. The second kappa shape index (κ2) is 9.87. The van der Waals surface area contributed by atoms with E-state index in [-0.39, 0.29) is 17.9 Å². The van der Waals surface area contributed by atoms with Crippen molar-refractivity contribution in [2.24, 2.45) is 0 Å². The highest BCUT2D eigenvalue weighted by atomic mass is 35.5. The summed E-state index contributed by atoms with van der Waals surface area (Å²) in [4.78, 5) is 17.1. The van der Waals surface area contributed by atoms with Crippen molar-refractivity contribution in [3.63, 3.8) is 0 Å². The molecular weight excluding hydrogens is 462 g/mol. The van der Waals surface area contributed by atoms with E-state index in [2.05, 4.69) is 26.8 Å². The molecule has 0 fully saturated rings. The lowest BCUT2D eigenvalue weighted by atomic mass is 10.0. The van der Waals surface area contributed by atoms with E-state index in [9.17, 15) is 4.79 Å². The first-order chi connectivity index (χ1) is 17.1. The quantitative estimate of drug-likeness (QED) is 0.346. The number of allylic oxidation sites excluding steroid dienone is 1. The fourth-order valence-corrected chi connectivity index (χ4v) is 3.98. The Morgan fingerprint density at radius 2 is 1.80 bits per heavy atom. The number of rotatable bonds is 6. The van der Waals surface area contributed by atoms with Crippen LogP contribution in [0.1, 0.15) is 22.7 Å². The highest BCUT2D eigenvalue weighted by molar-refractivity contribution is 6.30. The molecule has 1 atom stereocenters. The Hall–Kier alpha value is -4.36. The lowest BCUT2D eigenvalue weighted by Gasteiger charge is -2.24. The monoisotopic (exact) mass is 483 g/mol. The van der Waals surface area contributed by atoms with E-state index >= 15 is 0 Å². The zero-order chi connectivity index (χ0) is 24.2. The lowest BCUT2D eigenvalue weighted by molar-refractivity contribution is -0.111. The van der Waals surface area contributed by atoms with Crippen molar-refractivity contribution in [2.45, 2.75) is 6.04 Å². The minimum atomic E-state index is -0.346. The van der Waals surface area contributed by atoms with Gasteiger partial charge in [-0.2, -0.15) is 4.98 Å². The predicted molar refractivity (Wildman–Crippen MR) is 138 cm³/mol. The number of nitrogens with zero attached hydrogens (tertiary/aromatic N) is 3. The maximum absolute atomic E-state index is 12.6. The molecule has 1 amide bonds. The van der Waals surface area contributed by atoms with Gasteiger partial charge in [-0.1, -0.05) is 72.3 Å². The molecule has 7 nitrogen and oxygen atoms in total. The number of halogens is 1. The molecule has 1 aliphatic rings. The molecule has 4 aromatic rings. The van der Waals surface area contributed by atoms with Crippen LogP contribution in [0.15, 0.2) is 91.0 Å². The van der Waals surface area contributed by atoms with Gasteiger partial charge in [0.1, 0.15) is 11.8 Å². The van der Waals surface area contributed by atoms with Gasteiger partial charge in [0.2, 0.25) is 5.95 Å². The Bertz CT molecular complexity index is 1410. The average Bonchev–Trinajstić information content (AvgIpc) is 3.30. The highest BCUT2D eigenvalue weighted by Crippen LogP contribution is 2.33. The summed E-state index contributed by atoms with van der Waals surface area (Å²) in [6.45, 7) is 0. The molecule has 0 saturated carbocycles. The first-order valence-electron chi connectivity index (χ1n) is 11.0. The van der Waals surface area contributed by atoms with Gasteiger partial charge < -0.3 is 10.1 Å². The Balaban J connectivity index is 1.42. The molecule has 0 unspecified atom stereocenters. The number of carbonyl (C=O) groups excluding carboxylic acids is 1. The van der Waals surface area contributed by atoms with Crippen LogP contribution in [0.4, 0.5) is 11.9 Å². The summed E-state index contributed by atoms with van der Waals surface area (Å²) < 4.78 is 7.08. The van der Waals surface area contributed by atoms with Gasteiger partial charge in [0.05, 0.1) is 7.11 Å². The molecule has 1 aliphatic heterocycles. The summed E-state index contributed by atoms with van der Waals surface area (Å²) in [6.07, 6.45) is 5.19. The first kappa shape index (κ1) is 22.4. The minimum Gasteiger partial charge on any atom is -0.496 e. The number of carbonyl (C=O) groups is 1. The molecule has 0 spiro atoms. The number of fused-ring (bicyclic) bond motifs is 1. The number of ether oxygens (including phenoxy) is 1. The van der Waals surface area contributed by atoms with Crippen LogP contribution in [0.3, 0.4) is 0 Å². The van der Waals surface area contributed by atoms with Gasteiger partial charge in [-0.15, -0.1) is 5.10 Å². The number of anilines is 2. The molecule has 174 valence electrons. The van der Waals surface area contributed by atoms with E-state index in [0.717, 1.165) is 22.4 Å². The third kappa shape index (κ3) is 4.95. The van der Waals surface area contributed by atoms with E-state index in [1.807, 2.05) is 78.9 Å². The largest absolute Gasteiger partial charge is 0.496 e. The van der Waals surface area contributed by atoms with Crippen molar-refractivity contribution in [1.29, 1.82) is 0 Å². The number of methoxy groups -OCH3 is 1. The number of nitrogens with one attached hydrogen (secondary N) is 2. The molecule has 0 bridgehead atoms. The number of hydrogen-bond acceptors (Lipinski definition) is 5. The zero-order valence-corrected chi connectivity index (χ0v) is 19.6. The van der Waals surface area contributed by atoms with Gasteiger partial charge in [0.15, 0.2) is 0 Å². The van der Waals surface area contributed by atoms with E-state index < -0.39 is 0 Å². The molecular formula is C27H22ClN5O2. The van der Waals surface area contributed by atoms with Gasteiger partial charge in [-0.05, 0) is 41.5 Å². The summed E-state index contributed by atoms with van der Waals surface area (Å²) in [7, 11) is 1.59. The van der Waals surface area contributed by atoms with Crippen LogP contribution in [0.25, 0.3) is 11.8 Å². The number of hydrogen-bond donors (Lipinski definition) is 2. The molecule has 2 N–H and O–H groups in total. The Morgan fingerprint density at radius 3 is 2.57 bits per heavy atom. The standard InChI is InChI=1S/C27H22ClN5O2/c1-35-24-10-6-5-9-20(24)13-16-25(34)30-26-31-27-29-22(18-11-14-21(28)15-12-18)17-23(33(27)32-26)19-7-3-2-4-8-19/h2-17,23H,1H3,(H2,29,30,31,32,34)/b16-13+/t23-/m1/s1. The maximum atomic E-state index is 12.6. The molecule has 3 aromatic carbocycles. The molecule has 5 rings (SSSR count). The van der Waals surface area contributed by atoms with Crippen molar-refractivity contribution >= 4 is 41.2 Å². The van der Waals surface area contributed by atoms with Crippen LogP contribution >= 0.6 is 11.6 Å². The van der Waals surface area contributed by atoms with Crippen molar-refractivity contribution in [1.82, 2.24) is 14.8 Å². The van der Waals surface area contributed by atoms with Crippen LogP contribution < -0.4 is 15.4 Å². The third-order valence-electron chi connectivity index (χ3n) is 5.55. The molecule has 0 saturated heterocycles. The van der Waals surface area contributed by atoms with Crippen molar-refractivity contribution in [3.8, 4) is 5.75 Å². The topological polar surface area (TPSA) is 81.1 Å². The Kier molecular flexibility index (Phi) is 6.32. The van der Waals surface area contributed by atoms with E-state index in [1.54, 1.807) is 17.9 Å². The summed E-state index contributed by atoms with van der Waals surface area (Å²) in [5.41, 5.74) is 3.68. The molecule has 8 heteroatoms. The van der Waals surface area contributed by atoms with Crippen LogP contribution in [-0.2, 0) is 4.79 Å². The van der Waals surface area contributed by atoms with Gasteiger partial charge >= 0.3 is 0 Å². The predicted octanol–water partition coefficient (Wildman–Crippen LogP) is 5.65. The Labute approximate surface area is 207 Å². The Morgan fingerprint density at radius 1 is 1.06 bits per heavy atom. The summed E-state index contributed by atoms with van der Waals surface area (Å²) in [5, 5.41) is 11.3. The van der Waals surface area contributed by atoms with Crippen LogP contribution in [-0.4, -0.2) is 27.8 Å². The fraction of sp³-hybridized carbons (Fsp3) is 0.0741. The van der Waals surface area contributed by atoms with Gasteiger partial charge in [0.25, 0.3) is 11.9 Å². The zero-order valence-electron chi connectivity index (χ0n) is 18.9. The number of benzene rings is 3. The summed E-state index contributed by atoms with van der Waals surface area (Å²) in [5.74, 6) is 1.06. The molecule has 0 radical (unpaired) electrons. The fourth-order valence-electron chi connectivity index (χ4n) is 3.85. The van der Waals surface area contributed by atoms with E-state index in [0.29, 0.717) is 16.7 Å². The van der Waals surface area contributed by atoms with Crippen molar-refractivity contribution in [3.05, 3.63) is 113 Å². The molecule has 0 aliphatic carbocycles. The van der Waals surface area contributed by atoms with Crippen molar-refractivity contribution in [2.75, 3.05) is 17.7 Å². The molecule has 2 heterocycles. The molecule has 35 heavy (non-hydrogen) atoms. The highest BCUT2D eigenvalue weighted by Gasteiger charge is 2.25. The normalized spacial score (nSPS) is 14.7. The van der Waals surface area contributed by atoms with Crippen LogP contribution in [0.2, 0.25) is 5.02 Å². The van der Waals surface area contributed by atoms with E-state index in [1.165, 1.54) is 6.08 Å². The summed E-state index contributed by atoms with van der Waals surface area (Å²) in [6, 6.07) is 24.8.